The Morgan fingerprint density at radius 2 is 2.50 bits per heavy atom. The molecule has 2 aliphatic heterocycles. The zero-order valence-electron chi connectivity index (χ0n) is 5.93. The van der Waals surface area contributed by atoms with Crippen molar-refractivity contribution in [2.45, 2.75) is 0 Å². The molecular formula is C6H5N3O2Se. The van der Waals surface area contributed by atoms with Crippen LogP contribution in [0.2, 0.25) is 0 Å². The molecule has 2 heterocycles. The summed E-state index contributed by atoms with van der Waals surface area (Å²) in [5.74, 6) is 0. The van der Waals surface area contributed by atoms with Crippen molar-refractivity contribution in [1.82, 2.24) is 8.25 Å². The van der Waals surface area contributed by atoms with Gasteiger partial charge >= 0.3 is 74.6 Å². The van der Waals surface area contributed by atoms with Crippen LogP contribution in [0.15, 0.2) is 35.9 Å². The predicted octanol–water partition coefficient (Wildman–Crippen LogP) is -0.0449. The maximum atomic E-state index is 10.5. The Kier molecular flexibility index (Phi) is 1.64. The topological polar surface area (TPSA) is 58.4 Å². The molecule has 0 atom stereocenters. The summed E-state index contributed by atoms with van der Waals surface area (Å²) in [6.45, 7) is 0. The van der Waals surface area contributed by atoms with Gasteiger partial charge in [0.15, 0.2) is 0 Å². The van der Waals surface area contributed by atoms with Crippen molar-refractivity contribution in [2.24, 2.45) is 0 Å². The number of hydrogen-bond acceptors (Lipinski definition) is 4. The van der Waals surface area contributed by atoms with E-state index in [9.17, 15) is 10.1 Å². The van der Waals surface area contributed by atoms with Gasteiger partial charge in [-0.15, -0.1) is 0 Å². The second-order valence-electron chi connectivity index (χ2n) is 2.22. The molecule has 1 N–H and O–H groups in total. The fourth-order valence-electron chi connectivity index (χ4n) is 1.00. The third kappa shape index (κ3) is 1.01. The number of nitro groups is 1. The quantitative estimate of drug-likeness (QED) is 0.390. The van der Waals surface area contributed by atoms with Crippen molar-refractivity contribution in [3.8, 4) is 0 Å². The van der Waals surface area contributed by atoms with Gasteiger partial charge in [0.05, 0.1) is 0 Å². The average molecular weight is 230 g/mol. The minimum atomic E-state index is -0.370. The van der Waals surface area contributed by atoms with Crippen LogP contribution in [-0.2, 0) is 0 Å². The van der Waals surface area contributed by atoms with E-state index < -0.39 is 0 Å². The fourth-order valence-corrected chi connectivity index (χ4v) is 2.37. The van der Waals surface area contributed by atoms with Crippen LogP contribution in [-0.4, -0.2) is 24.2 Å². The van der Waals surface area contributed by atoms with E-state index in [-0.39, 0.29) is 26.0 Å². The molecule has 6 heteroatoms. The molecule has 5 nitrogen and oxygen atoms in total. The Balaban J connectivity index is 2.38. The molecule has 0 amide bonds. The Hall–Kier alpha value is -1.26. The Labute approximate surface area is 75.2 Å². The van der Waals surface area contributed by atoms with Crippen LogP contribution < -0.4 is 4.33 Å². The summed E-state index contributed by atoms with van der Waals surface area (Å²) in [4.78, 5) is 10.1. The summed E-state index contributed by atoms with van der Waals surface area (Å²) in [6, 6.07) is 0. The second-order valence-corrected chi connectivity index (χ2v) is 3.92. The third-order valence-electron chi connectivity index (χ3n) is 1.52. The molecule has 0 unspecified atom stereocenters. The molecule has 0 spiro atoms. The standard InChI is InChI=1S/C6H5N3O2Se/c10-9(11)5-2-1-3-8-6(5)4-7-12-8/h1-4,7H. The number of fused-ring (bicyclic) bond motifs is 1. The van der Waals surface area contributed by atoms with E-state index in [1.54, 1.807) is 12.3 Å². The van der Waals surface area contributed by atoms with Crippen LogP contribution in [0.1, 0.15) is 0 Å². The third-order valence-corrected chi connectivity index (χ3v) is 3.07. The molecule has 0 saturated heterocycles. The molecule has 0 aromatic rings. The predicted molar refractivity (Wildman–Crippen MR) is 43.0 cm³/mol. The second kappa shape index (κ2) is 2.65. The molecule has 2 rings (SSSR count). The summed E-state index contributed by atoms with van der Waals surface area (Å²) < 4.78 is 4.83. The normalized spacial score (nSPS) is 19.5. The Bertz CT molecular complexity index is 321. The van der Waals surface area contributed by atoms with Gasteiger partial charge in [-0.2, -0.15) is 0 Å². The number of nitrogens with one attached hydrogen (secondary N) is 1. The summed E-state index contributed by atoms with van der Waals surface area (Å²) >= 11 is 0.0847. The van der Waals surface area contributed by atoms with E-state index in [0.717, 1.165) is 0 Å². The average Bonchev–Trinajstić information content (AvgIpc) is 2.49. The van der Waals surface area contributed by atoms with Crippen LogP contribution >= 0.6 is 0 Å². The molecule has 0 aliphatic carbocycles. The van der Waals surface area contributed by atoms with Crippen molar-refractivity contribution in [3.05, 3.63) is 46.1 Å². The van der Waals surface area contributed by atoms with Crippen molar-refractivity contribution >= 4 is 15.4 Å². The van der Waals surface area contributed by atoms with E-state index in [0.29, 0.717) is 5.70 Å². The van der Waals surface area contributed by atoms with Gasteiger partial charge in [-0.1, -0.05) is 0 Å². The molecule has 62 valence electrons. The molecule has 2 aliphatic rings. The van der Waals surface area contributed by atoms with Crippen molar-refractivity contribution < 1.29 is 4.92 Å². The van der Waals surface area contributed by atoms with Gasteiger partial charge in [-0.3, -0.25) is 0 Å². The van der Waals surface area contributed by atoms with Gasteiger partial charge in [-0.05, 0) is 0 Å². The summed E-state index contributed by atoms with van der Waals surface area (Å²) in [5, 5.41) is 10.5. The number of nitrogens with zero attached hydrogens (tertiary/aromatic N) is 2. The zero-order valence-corrected chi connectivity index (χ0v) is 7.64. The number of hydrogen-bond donors (Lipinski definition) is 1. The van der Waals surface area contributed by atoms with Crippen LogP contribution in [0, 0.1) is 10.1 Å². The van der Waals surface area contributed by atoms with E-state index in [1.807, 2.05) is 10.1 Å². The maximum absolute atomic E-state index is 10.5. The van der Waals surface area contributed by atoms with Gasteiger partial charge < -0.3 is 0 Å². The molecular weight excluding hydrogens is 225 g/mol. The van der Waals surface area contributed by atoms with Gasteiger partial charge in [0.1, 0.15) is 0 Å². The summed E-state index contributed by atoms with van der Waals surface area (Å²) in [6.07, 6.45) is 6.70. The Morgan fingerprint density at radius 1 is 1.67 bits per heavy atom. The molecule has 0 aromatic carbocycles. The van der Waals surface area contributed by atoms with E-state index >= 15 is 0 Å². The summed E-state index contributed by atoms with van der Waals surface area (Å²) in [5.41, 5.74) is 0.812. The first-order valence-electron chi connectivity index (χ1n) is 3.24. The van der Waals surface area contributed by atoms with E-state index in [2.05, 4.69) is 4.33 Å². The first kappa shape index (κ1) is 7.39. The minimum absolute atomic E-state index is 0.0847. The van der Waals surface area contributed by atoms with Gasteiger partial charge in [0.2, 0.25) is 0 Å². The molecule has 0 fully saturated rings. The Morgan fingerprint density at radius 3 is 3.25 bits per heavy atom. The molecule has 0 radical (unpaired) electrons. The van der Waals surface area contributed by atoms with E-state index in [4.69, 9.17) is 0 Å². The van der Waals surface area contributed by atoms with Crippen LogP contribution in [0.4, 0.5) is 0 Å². The van der Waals surface area contributed by atoms with Crippen molar-refractivity contribution in [2.75, 3.05) is 0 Å². The first-order chi connectivity index (χ1) is 5.79. The first-order valence-corrected chi connectivity index (χ1v) is 4.86. The van der Waals surface area contributed by atoms with Gasteiger partial charge in [0.25, 0.3) is 0 Å². The van der Waals surface area contributed by atoms with Crippen LogP contribution in [0.3, 0.4) is 0 Å². The fraction of sp³-hybridized carbons (Fsp3) is 0. The zero-order chi connectivity index (χ0) is 8.55. The van der Waals surface area contributed by atoms with Gasteiger partial charge in [0, 0.05) is 0 Å². The SMILES string of the molecule is O=[N+]([O-])C1=CC=CN2[Se]NC=C12. The van der Waals surface area contributed by atoms with Crippen molar-refractivity contribution in [3.63, 3.8) is 0 Å². The van der Waals surface area contributed by atoms with E-state index in [1.165, 1.54) is 6.08 Å². The number of allylic oxidation sites excluding steroid dienone is 2. The molecule has 0 aromatic heterocycles. The monoisotopic (exact) mass is 231 g/mol. The van der Waals surface area contributed by atoms with Crippen molar-refractivity contribution in [1.29, 1.82) is 0 Å². The number of rotatable bonds is 1. The molecule has 12 heavy (non-hydrogen) atoms. The molecule has 0 saturated carbocycles. The van der Waals surface area contributed by atoms with Crippen LogP contribution in [0.5, 0.6) is 0 Å². The molecule has 0 bridgehead atoms. The van der Waals surface area contributed by atoms with Crippen LogP contribution in [0.25, 0.3) is 0 Å². The van der Waals surface area contributed by atoms with Gasteiger partial charge in [-0.25, -0.2) is 0 Å². The summed E-state index contributed by atoms with van der Waals surface area (Å²) in [7, 11) is 0.